The summed E-state index contributed by atoms with van der Waals surface area (Å²) in [5.74, 6) is -0.871. The molecule has 1 rings (SSSR count). The van der Waals surface area contributed by atoms with Gasteiger partial charge in [0.05, 0.1) is 0 Å². The quantitative estimate of drug-likeness (QED) is 0.776. The van der Waals surface area contributed by atoms with Crippen LogP contribution in [0.4, 0.5) is 0 Å². The van der Waals surface area contributed by atoms with Crippen molar-refractivity contribution in [2.45, 2.75) is 20.4 Å². The summed E-state index contributed by atoms with van der Waals surface area (Å²) >= 11 is 1.73. The third-order valence-electron chi connectivity index (χ3n) is 2.25. The van der Waals surface area contributed by atoms with E-state index in [9.17, 15) is 4.79 Å². The van der Waals surface area contributed by atoms with Crippen molar-refractivity contribution in [1.29, 1.82) is 0 Å². The molecule has 0 amide bonds. The molecule has 0 unspecified atom stereocenters. The summed E-state index contributed by atoms with van der Waals surface area (Å²) in [6.45, 7) is 6.45. The lowest BCUT2D eigenvalue weighted by Crippen LogP contribution is -2.24. The van der Waals surface area contributed by atoms with Crippen LogP contribution in [0.15, 0.2) is 29.2 Å². The molecule has 0 saturated heterocycles. The zero-order valence-electron chi connectivity index (χ0n) is 9.64. The van der Waals surface area contributed by atoms with Crippen molar-refractivity contribution in [2.75, 3.05) is 13.1 Å². The van der Waals surface area contributed by atoms with Crippen LogP contribution < -0.4 is 0 Å². The fraction of sp³-hybridized carbons (Fsp3) is 0.417. The van der Waals surface area contributed by atoms with Crippen LogP contribution in [-0.2, 0) is 11.3 Å². The maximum atomic E-state index is 10.5. The smallest absolute Gasteiger partial charge is 0.328 e. The Morgan fingerprint density at radius 2 is 2.38 bits per heavy atom. The van der Waals surface area contributed by atoms with Crippen LogP contribution in [0.5, 0.6) is 0 Å². The van der Waals surface area contributed by atoms with Gasteiger partial charge in [-0.2, -0.15) is 0 Å². The average molecular weight is 239 g/mol. The normalized spacial score (nSPS) is 12.1. The van der Waals surface area contributed by atoms with Crippen LogP contribution in [-0.4, -0.2) is 29.1 Å². The molecule has 0 aliphatic heterocycles. The summed E-state index contributed by atoms with van der Waals surface area (Å²) in [6.07, 6.45) is 1.27. The third kappa shape index (κ3) is 4.59. The van der Waals surface area contributed by atoms with Gasteiger partial charge in [-0.1, -0.05) is 18.6 Å². The van der Waals surface area contributed by atoms with E-state index in [0.717, 1.165) is 18.7 Å². The van der Waals surface area contributed by atoms with Crippen LogP contribution in [0.3, 0.4) is 0 Å². The first kappa shape index (κ1) is 12.9. The number of carbonyl (C=O) groups is 1. The second-order valence-corrected chi connectivity index (χ2v) is 4.74. The van der Waals surface area contributed by atoms with E-state index >= 15 is 0 Å². The zero-order chi connectivity index (χ0) is 12.0. The minimum absolute atomic E-state index is 0.709. The van der Waals surface area contributed by atoms with Crippen molar-refractivity contribution in [2.24, 2.45) is 0 Å². The fourth-order valence-electron chi connectivity index (χ4n) is 1.51. The summed E-state index contributed by atoms with van der Waals surface area (Å²) in [5.41, 5.74) is 0.880. The number of nitrogens with zero attached hydrogens (tertiary/aromatic N) is 1. The number of hydrogen-bond acceptors (Lipinski definition) is 3. The lowest BCUT2D eigenvalue weighted by atomic mass is 10.2. The van der Waals surface area contributed by atoms with Gasteiger partial charge in [0.2, 0.25) is 0 Å². The Kier molecular flexibility index (Phi) is 5.22. The molecule has 1 aromatic rings. The zero-order valence-corrected chi connectivity index (χ0v) is 10.5. The second-order valence-electron chi connectivity index (χ2n) is 3.71. The number of aliphatic carboxylic acids is 1. The Bertz CT molecular complexity index is 357. The molecule has 0 bridgehead atoms. The lowest BCUT2D eigenvalue weighted by molar-refractivity contribution is -0.131. The van der Waals surface area contributed by atoms with E-state index in [0.29, 0.717) is 6.54 Å². The van der Waals surface area contributed by atoms with E-state index < -0.39 is 5.97 Å². The van der Waals surface area contributed by atoms with E-state index in [1.165, 1.54) is 11.0 Å². The predicted octanol–water partition coefficient (Wildman–Crippen LogP) is 2.60. The predicted molar refractivity (Wildman–Crippen MR) is 66.7 cm³/mol. The fourth-order valence-corrected chi connectivity index (χ4v) is 2.26. The van der Waals surface area contributed by atoms with E-state index in [1.54, 1.807) is 11.3 Å². The number of hydrogen-bond donors (Lipinski definition) is 1. The second kappa shape index (κ2) is 6.45. The molecule has 3 nitrogen and oxygen atoms in total. The maximum absolute atomic E-state index is 10.5. The Labute approximate surface area is 100 Å². The minimum atomic E-state index is -0.871. The summed E-state index contributed by atoms with van der Waals surface area (Å²) < 4.78 is 0. The summed E-state index contributed by atoms with van der Waals surface area (Å²) in [5, 5.41) is 10.7. The molecule has 0 fully saturated rings. The molecule has 0 aromatic carbocycles. The maximum Gasteiger partial charge on any atom is 0.328 e. The SMILES string of the molecule is CCN(CC(C)=CC(=O)O)Cc1cccs1. The van der Waals surface area contributed by atoms with Gasteiger partial charge in [0.15, 0.2) is 0 Å². The van der Waals surface area contributed by atoms with Crippen LogP contribution >= 0.6 is 11.3 Å². The Morgan fingerprint density at radius 1 is 1.62 bits per heavy atom. The monoisotopic (exact) mass is 239 g/mol. The van der Waals surface area contributed by atoms with Gasteiger partial charge in [0.25, 0.3) is 0 Å². The van der Waals surface area contributed by atoms with Crippen LogP contribution in [0.2, 0.25) is 0 Å². The van der Waals surface area contributed by atoms with Gasteiger partial charge >= 0.3 is 5.97 Å². The number of likely N-dealkylation sites (N-methyl/N-ethyl adjacent to an activating group) is 1. The highest BCUT2D eigenvalue weighted by atomic mass is 32.1. The highest BCUT2D eigenvalue weighted by molar-refractivity contribution is 7.09. The van der Waals surface area contributed by atoms with E-state index in [4.69, 9.17) is 5.11 Å². The van der Waals surface area contributed by atoms with Gasteiger partial charge in [-0.15, -0.1) is 11.3 Å². The summed E-state index contributed by atoms with van der Waals surface area (Å²) in [7, 11) is 0. The first-order valence-corrected chi connectivity index (χ1v) is 6.14. The highest BCUT2D eigenvalue weighted by Gasteiger charge is 2.05. The van der Waals surface area contributed by atoms with Gasteiger partial charge < -0.3 is 5.11 Å². The largest absolute Gasteiger partial charge is 0.478 e. The number of thiophene rings is 1. The van der Waals surface area contributed by atoms with Crippen molar-refractivity contribution >= 4 is 17.3 Å². The molecule has 1 N–H and O–H groups in total. The van der Waals surface area contributed by atoms with Crippen molar-refractivity contribution in [3.63, 3.8) is 0 Å². The number of carboxylic acid groups (broad SMARTS) is 1. The van der Waals surface area contributed by atoms with E-state index in [-0.39, 0.29) is 0 Å². The van der Waals surface area contributed by atoms with E-state index in [1.807, 2.05) is 13.0 Å². The molecule has 0 saturated carbocycles. The van der Waals surface area contributed by atoms with Gasteiger partial charge in [0.1, 0.15) is 0 Å². The molecule has 0 radical (unpaired) electrons. The van der Waals surface area contributed by atoms with Gasteiger partial charge in [-0.25, -0.2) is 4.79 Å². The van der Waals surface area contributed by atoms with Crippen LogP contribution in [0.25, 0.3) is 0 Å². The van der Waals surface area contributed by atoms with E-state index in [2.05, 4.69) is 23.3 Å². The molecular formula is C12H17NO2S. The Balaban J connectivity index is 2.52. The lowest BCUT2D eigenvalue weighted by Gasteiger charge is -2.19. The van der Waals surface area contributed by atoms with Crippen LogP contribution in [0.1, 0.15) is 18.7 Å². The Hall–Kier alpha value is -1.13. The topological polar surface area (TPSA) is 40.5 Å². The van der Waals surface area contributed by atoms with Crippen molar-refractivity contribution in [3.8, 4) is 0 Å². The Morgan fingerprint density at radius 3 is 2.88 bits per heavy atom. The average Bonchev–Trinajstić information content (AvgIpc) is 2.68. The number of rotatable bonds is 6. The van der Waals surface area contributed by atoms with Gasteiger partial charge in [0, 0.05) is 24.0 Å². The molecule has 16 heavy (non-hydrogen) atoms. The first-order chi connectivity index (χ1) is 7.61. The van der Waals surface area contributed by atoms with Gasteiger partial charge in [-0.05, 0) is 24.9 Å². The third-order valence-corrected chi connectivity index (χ3v) is 3.11. The molecular weight excluding hydrogens is 222 g/mol. The molecule has 1 aromatic heterocycles. The van der Waals surface area contributed by atoms with Gasteiger partial charge in [-0.3, -0.25) is 4.90 Å². The first-order valence-electron chi connectivity index (χ1n) is 5.26. The molecule has 0 aliphatic carbocycles. The summed E-state index contributed by atoms with van der Waals surface area (Å²) in [4.78, 5) is 14.0. The molecule has 1 heterocycles. The molecule has 0 spiro atoms. The van der Waals surface area contributed by atoms with Crippen molar-refractivity contribution in [3.05, 3.63) is 34.0 Å². The minimum Gasteiger partial charge on any atom is -0.478 e. The molecule has 88 valence electrons. The summed E-state index contributed by atoms with van der Waals surface area (Å²) in [6, 6.07) is 4.14. The van der Waals surface area contributed by atoms with Crippen LogP contribution in [0, 0.1) is 0 Å². The molecule has 4 heteroatoms. The highest BCUT2D eigenvalue weighted by Crippen LogP contribution is 2.12. The molecule has 0 aliphatic rings. The van der Waals surface area contributed by atoms with Crippen molar-refractivity contribution < 1.29 is 9.90 Å². The standard InChI is InChI=1S/C12H17NO2S/c1-3-13(8-10(2)7-12(14)15)9-11-5-4-6-16-11/h4-7H,3,8-9H2,1-2H3,(H,14,15). The molecule has 0 atom stereocenters. The number of carboxylic acids is 1. The van der Waals surface area contributed by atoms with Crippen molar-refractivity contribution in [1.82, 2.24) is 4.90 Å².